The number of nitrogens with one attached hydrogen (secondary N) is 1. The zero-order valence-corrected chi connectivity index (χ0v) is 13.3. The topological polar surface area (TPSA) is 77.8 Å². The van der Waals surface area contributed by atoms with Crippen molar-refractivity contribution in [3.05, 3.63) is 53.5 Å². The van der Waals surface area contributed by atoms with Crippen molar-refractivity contribution in [2.24, 2.45) is 0 Å². The Bertz CT molecular complexity index is 678. The second kappa shape index (κ2) is 7.49. The third-order valence-corrected chi connectivity index (χ3v) is 3.33. The lowest BCUT2D eigenvalue weighted by Crippen LogP contribution is -2.31. The molecule has 0 radical (unpaired) electrons. The number of carbonyl (C=O) groups is 2. The SMILES string of the molecule is COc1cc(C(=O)OCC(=O)N[C@H](C)c2ccco2)ccc1C. The third-order valence-electron chi connectivity index (χ3n) is 3.33. The standard InChI is InChI=1S/C17H19NO5/c1-11-6-7-13(9-15(11)21-3)17(20)23-10-16(19)18-12(2)14-5-4-8-22-14/h4-9,12H,10H2,1-3H3,(H,18,19)/t12-/m1/s1. The van der Waals surface area contributed by atoms with Crippen LogP contribution in [0.4, 0.5) is 0 Å². The number of hydrogen-bond donors (Lipinski definition) is 1. The Balaban J connectivity index is 1.87. The van der Waals surface area contributed by atoms with E-state index >= 15 is 0 Å². The van der Waals surface area contributed by atoms with E-state index < -0.39 is 11.9 Å². The van der Waals surface area contributed by atoms with Crippen LogP contribution in [-0.4, -0.2) is 25.6 Å². The van der Waals surface area contributed by atoms with Gasteiger partial charge in [-0.2, -0.15) is 0 Å². The number of rotatable bonds is 6. The normalized spacial score (nSPS) is 11.6. The minimum atomic E-state index is -0.580. The van der Waals surface area contributed by atoms with Crippen LogP contribution in [-0.2, 0) is 9.53 Å². The maximum atomic E-state index is 12.0. The van der Waals surface area contributed by atoms with E-state index in [0.29, 0.717) is 17.1 Å². The first-order valence-electron chi connectivity index (χ1n) is 7.15. The summed E-state index contributed by atoms with van der Waals surface area (Å²) in [6.45, 7) is 3.29. The van der Waals surface area contributed by atoms with Gasteiger partial charge in [-0.3, -0.25) is 4.79 Å². The Morgan fingerprint density at radius 2 is 2.09 bits per heavy atom. The van der Waals surface area contributed by atoms with Gasteiger partial charge in [-0.25, -0.2) is 4.79 Å². The van der Waals surface area contributed by atoms with E-state index in [1.807, 2.05) is 6.92 Å². The first-order valence-corrected chi connectivity index (χ1v) is 7.15. The molecule has 6 heteroatoms. The van der Waals surface area contributed by atoms with Crippen LogP contribution in [0.3, 0.4) is 0 Å². The van der Waals surface area contributed by atoms with Crippen LogP contribution in [0.2, 0.25) is 0 Å². The highest BCUT2D eigenvalue weighted by Crippen LogP contribution is 2.19. The molecule has 2 rings (SSSR count). The Hall–Kier alpha value is -2.76. The van der Waals surface area contributed by atoms with E-state index in [2.05, 4.69) is 5.32 Å². The summed E-state index contributed by atoms with van der Waals surface area (Å²) in [5.41, 5.74) is 1.24. The summed E-state index contributed by atoms with van der Waals surface area (Å²) >= 11 is 0. The number of benzene rings is 1. The second-order valence-corrected chi connectivity index (χ2v) is 5.07. The summed E-state index contributed by atoms with van der Waals surface area (Å²) in [4.78, 5) is 23.8. The number of aryl methyl sites for hydroxylation is 1. The van der Waals surface area contributed by atoms with Crippen molar-refractivity contribution >= 4 is 11.9 Å². The smallest absolute Gasteiger partial charge is 0.338 e. The van der Waals surface area contributed by atoms with Crippen molar-refractivity contribution in [2.75, 3.05) is 13.7 Å². The molecule has 23 heavy (non-hydrogen) atoms. The van der Waals surface area contributed by atoms with Gasteiger partial charge in [0.15, 0.2) is 6.61 Å². The molecule has 0 spiro atoms. The molecule has 1 heterocycles. The van der Waals surface area contributed by atoms with Gasteiger partial charge in [0.25, 0.3) is 5.91 Å². The number of methoxy groups -OCH3 is 1. The maximum Gasteiger partial charge on any atom is 0.338 e. The molecule has 1 N–H and O–H groups in total. The van der Waals surface area contributed by atoms with Crippen LogP contribution in [0.5, 0.6) is 5.75 Å². The number of carbonyl (C=O) groups excluding carboxylic acids is 2. The fourth-order valence-corrected chi connectivity index (χ4v) is 2.05. The molecule has 0 aliphatic carbocycles. The Labute approximate surface area is 134 Å². The molecule has 1 amide bonds. The van der Waals surface area contributed by atoms with Gasteiger partial charge in [-0.05, 0) is 43.7 Å². The van der Waals surface area contributed by atoms with Crippen molar-refractivity contribution in [1.29, 1.82) is 0 Å². The summed E-state index contributed by atoms with van der Waals surface area (Å²) in [6, 6.07) is 8.17. The van der Waals surface area contributed by atoms with Crippen LogP contribution in [0.1, 0.15) is 34.6 Å². The van der Waals surface area contributed by atoms with Gasteiger partial charge >= 0.3 is 5.97 Å². The number of amides is 1. The highest BCUT2D eigenvalue weighted by atomic mass is 16.5. The molecule has 0 bridgehead atoms. The fourth-order valence-electron chi connectivity index (χ4n) is 2.05. The molecule has 0 aliphatic heterocycles. The first kappa shape index (κ1) is 16.6. The number of furan rings is 1. The van der Waals surface area contributed by atoms with E-state index in [4.69, 9.17) is 13.9 Å². The molecule has 1 aromatic carbocycles. The van der Waals surface area contributed by atoms with Gasteiger partial charge in [0, 0.05) is 0 Å². The Morgan fingerprint density at radius 1 is 1.30 bits per heavy atom. The van der Waals surface area contributed by atoms with Crippen LogP contribution >= 0.6 is 0 Å². The Morgan fingerprint density at radius 3 is 2.74 bits per heavy atom. The van der Waals surface area contributed by atoms with E-state index in [1.54, 1.807) is 37.3 Å². The molecular weight excluding hydrogens is 298 g/mol. The molecule has 0 saturated carbocycles. The van der Waals surface area contributed by atoms with Gasteiger partial charge in [-0.1, -0.05) is 6.07 Å². The van der Waals surface area contributed by atoms with Crippen LogP contribution in [0, 0.1) is 6.92 Å². The van der Waals surface area contributed by atoms with E-state index in [1.165, 1.54) is 13.4 Å². The van der Waals surface area contributed by atoms with Gasteiger partial charge in [-0.15, -0.1) is 0 Å². The fraction of sp³-hybridized carbons (Fsp3) is 0.294. The summed E-state index contributed by atoms with van der Waals surface area (Å²) in [5.74, 6) is 0.244. The van der Waals surface area contributed by atoms with E-state index in [0.717, 1.165) is 5.56 Å². The zero-order valence-electron chi connectivity index (χ0n) is 13.3. The largest absolute Gasteiger partial charge is 0.496 e. The van der Waals surface area contributed by atoms with Gasteiger partial charge in [0.1, 0.15) is 11.5 Å². The average molecular weight is 317 g/mol. The summed E-state index contributed by atoms with van der Waals surface area (Å²) in [6.07, 6.45) is 1.53. The summed E-state index contributed by atoms with van der Waals surface area (Å²) in [7, 11) is 1.53. The van der Waals surface area contributed by atoms with Crippen molar-refractivity contribution in [1.82, 2.24) is 5.32 Å². The van der Waals surface area contributed by atoms with Gasteiger partial charge in [0.05, 0.1) is 25.0 Å². The molecule has 122 valence electrons. The van der Waals surface area contributed by atoms with Crippen molar-refractivity contribution in [3.8, 4) is 5.75 Å². The molecule has 0 aliphatic rings. The minimum absolute atomic E-state index is 0.296. The summed E-state index contributed by atoms with van der Waals surface area (Å²) < 4.78 is 15.4. The molecule has 2 aromatic rings. The number of esters is 1. The molecule has 0 saturated heterocycles. The van der Waals surface area contributed by atoms with Gasteiger partial charge < -0.3 is 19.2 Å². The highest BCUT2D eigenvalue weighted by Gasteiger charge is 2.15. The maximum absolute atomic E-state index is 12.0. The third kappa shape index (κ3) is 4.35. The molecule has 6 nitrogen and oxygen atoms in total. The van der Waals surface area contributed by atoms with Crippen LogP contribution in [0.15, 0.2) is 41.0 Å². The molecule has 0 unspecified atom stereocenters. The number of ether oxygens (including phenoxy) is 2. The lowest BCUT2D eigenvalue weighted by Gasteiger charge is -2.12. The minimum Gasteiger partial charge on any atom is -0.496 e. The predicted octanol–water partition coefficient (Wildman–Crippen LogP) is 2.63. The zero-order chi connectivity index (χ0) is 16.8. The molecule has 1 aromatic heterocycles. The molecule has 0 fully saturated rings. The quantitative estimate of drug-likeness (QED) is 0.829. The van der Waals surface area contributed by atoms with Crippen molar-refractivity contribution < 1.29 is 23.5 Å². The van der Waals surface area contributed by atoms with Crippen molar-refractivity contribution in [3.63, 3.8) is 0 Å². The van der Waals surface area contributed by atoms with Crippen molar-refractivity contribution in [2.45, 2.75) is 19.9 Å². The van der Waals surface area contributed by atoms with Gasteiger partial charge in [0.2, 0.25) is 0 Å². The van der Waals surface area contributed by atoms with Crippen LogP contribution < -0.4 is 10.1 Å². The lowest BCUT2D eigenvalue weighted by atomic mass is 10.1. The monoisotopic (exact) mass is 317 g/mol. The Kier molecular flexibility index (Phi) is 5.41. The molecule has 1 atom stereocenters. The van der Waals surface area contributed by atoms with Crippen LogP contribution in [0.25, 0.3) is 0 Å². The predicted molar refractivity (Wildman–Crippen MR) is 83.3 cm³/mol. The van der Waals surface area contributed by atoms with E-state index in [9.17, 15) is 9.59 Å². The summed E-state index contributed by atoms with van der Waals surface area (Å²) in [5, 5.41) is 2.69. The molecular formula is C17H19NO5. The number of hydrogen-bond acceptors (Lipinski definition) is 5. The highest BCUT2D eigenvalue weighted by molar-refractivity contribution is 5.91. The second-order valence-electron chi connectivity index (χ2n) is 5.07. The van der Waals surface area contributed by atoms with E-state index in [-0.39, 0.29) is 12.6 Å². The lowest BCUT2D eigenvalue weighted by molar-refractivity contribution is -0.125. The average Bonchev–Trinajstić information content (AvgIpc) is 3.07. The first-order chi connectivity index (χ1) is 11.0.